The molecule has 1 aliphatic carbocycles. The zero-order valence-corrected chi connectivity index (χ0v) is 21.9. The highest BCUT2D eigenvalue weighted by atomic mass is 19.4. The molecule has 2 aliphatic heterocycles. The van der Waals surface area contributed by atoms with E-state index in [0.29, 0.717) is 22.6 Å². The summed E-state index contributed by atoms with van der Waals surface area (Å²) in [7, 11) is 1.81. The molecule has 13 heteroatoms. The molecule has 3 aliphatic rings. The molecule has 0 bridgehead atoms. The van der Waals surface area contributed by atoms with Gasteiger partial charge in [0.2, 0.25) is 11.8 Å². The number of ether oxygens (including phenoxy) is 1. The van der Waals surface area contributed by atoms with Crippen molar-refractivity contribution >= 4 is 17.8 Å². The summed E-state index contributed by atoms with van der Waals surface area (Å²) in [5, 5.41) is 7.05. The maximum Gasteiger partial charge on any atom is 0.412 e. The maximum atomic E-state index is 13.9. The number of urea groups is 1. The van der Waals surface area contributed by atoms with Crippen molar-refractivity contribution in [3.05, 3.63) is 71.3 Å². The van der Waals surface area contributed by atoms with Crippen LogP contribution >= 0.6 is 0 Å². The summed E-state index contributed by atoms with van der Waals surface area (Å²) in [6.45, 7) is -2.41. The van der Waals surface area contributed by atoms with E-state index in [0.717, 1.165) is 34.4 Å². The summed E-state index contributed by atoms with van der Waals surface area (Å²) in [6, 6.07) is 5.77. The van der Waals surface area contributed by atoms with Gasteiger partial charge in [-0.1, -0.05) is 18.2 Å². The number of aromatic nitrogens is 2. The first kappa shape index (κ1) is 26.8. The fourth-order valence-corrected chi connectivity index (χ4v) is 5.88. The molecular weight excluding hydrogens is 546 g/mol. The second-order valence-electron chi connectivity index (χ2n) is 10.6. The number of benzene rings is 2. The van der Waals surface area contributed by atoms with Gasteiger partial charge in [-0.3, -0.25) is 19.2 Å². The van der Waals surface area contributed by atoms with E-state index in [1.165, 1.54) is 6.07 Å². The van der Waals surface area contributed by atoms with E-state index in [1.54, 1.807) is 10.9 Å². The van der Waals surface area contributed by atoms with Crippen molar-refractivity contribution in [3.8, 4) is 16.9 Å². The zero-order valence-electron chi connectivity index (χ0n) is 21.9. The lowest BCUT2D eigenvalue weighted by atomic mass is 9.85. The van der Waals surface area contributed by atoms with E-state index in [-0.39, 0.29) is 17.7 Å². The van der Waals surface area contributed by atoms with E-state index in [4.69, 9.17) is 4.74 Å². The summed E-state index contributed by atoms with van der Waals surface area (Å²) >= 11 is 0. The molecule has 0 unspecified atom stereocenters. The van der Waals surface area contributed by atoms with Crippen LogP contribution < -0.4 is 10.1 Å². The lowest BCUT2D eigenvalue weighted by Crippen LogP contribution is -2.62. The highest BCUT2D eigenvalue weighted by molar-refractivity contribution is 6.01. The highest BCUT2D eigenvalue weighted by Crippen LogP contribution is 2.43. The summed E-state index contributed by atoms with van der Waals surface area (Å²) in [5.41, 5.74) is 2.69. The molecular formula is C28H25F4N5O4. The molecule has 9 nitrogen and oxygen atoms in total. The first-order chi connectivity index (χ1) is 19.4. The van der Waals surface area contributed by atoms with Crippen molar-refractivity contribution in [3.63, 3.8) is 0 Å². The topological polar surface area (TPSA) is 96.8 Å². The normalized spacial score (nSPS) is 22.2. The van der Waals surface area contributed by atoms with Crippen molar-refractivity contribution in [2.24, 2.45) is 7.05 Å². The Hall–Kier alpha value is -4.42. The van der Waals surface area contributed by atoms with Gasteiger partial charge in [-0.2, -0.15) is 18.3 Å². The van der Waals surface area contributed by atoms with Crippen LogP contribution in [0.2, 0.25) is 0 Å². The van der Waals surface area contributed by atoms with Gasteiger partial charge in [0.15, 0.2) is 6.04 Å². The van der Waals surface area contributed by atoms with E-state index in [9.17, 15) is 31.9 Å². The molecule has 0 saturated carbocycles. The molecule has 1 saturated heterocycles. The number of hydrogen-bond acceptors (Lipinski definition) is 5. The van der Waals surface area contributed by atoms with Gasteiger partial charge >= 0.3 is 12.2 Å². The summed E-state index contributed by atoms with van der Waals surface area (Å²) < 4.78 is 62.6. The molecule has 6 rings (SSSR count). The molecule has 1 aromatic heterocycles. The quantitative estimate of drug-likeness (QED) is 0.485. The van der Waals surface area contributed by atoms with Crippen molar-refractivity contribution in [2.45, 2.75) is 43.6 Å². The predicted molar refractivity (Wildman–Crippen MR) is 136 cm³/mol. The number of nitrogens with zero attached hydrogens (tertiary/aromatic N) is 4. The second-order valence-corrected chi connectivity index (χ2v) is 10.6. The smallest absolute Gasteiger partial charge is 0.412 e. The van der Waals surface area contributed by atoms with E-state index >= 15 is 0 Å². The number of carbonyl (C=O) groups excluding carboxylic acids is 3. The molecule has 0 radical (unpaired) electrons. The van der Waals surface area contributed by atoms with Gasteiger partial charge in [0.05, 0.1) is 24.7 Å². The van der Waals surface area contributed by atoms with Crippen LogP contribution in [-0.4, -0.2) is 62.8 Å². The number of aryl methyl sites for hydroxylation is 2. The van der Waals surface area contributed by atoms with Crippen molar-refractivity contribution in [1.29, 1.82) is 0 Å². The highest BCUT2D eigenvalue weighted by Gasteiger charge is 2.51. The van der Waals surface area contributed by atoms with Crippen LogP contribution in [-0.2, 0) is 35.1 Å². The van der Waals surface area contributed by atoms with E-state index in [2.05, 4.69) is 10.4 Å². The summed E-state index contributed by atoms with van der Waals surface area (Å²) in [6.07, 6.45) is -0.334. The van der Waals surface area contributed by atoms with Gasteiger partial charge in [-0.15, -0.1) is 0 Å². The minimum atomic E-state index is -4.86. The zero-order chi connectivity index (χ0) is 29.1. The molecule has 3 aromatic rings. The number of nitrogens with one attached hydrogen (secondary N) is 1. The van der Waals surface area contributed by atoms with Crippen molar-refractivity contribution in [2.75, 3.05) is 13.2 Å². The van der Waals surface area contributed by atoms with Crippen LogP contribution in [0.5, 0.6) is 5.75 Å². The third-order valence-corrected chi connectivity index (χ3v) is 7.95. The number of imide groups is 1. The molecule has 1 spiro atoms. The van der Waals surface area contributed by atoms with Crippen molar-refractivity contribution < 1.29 is 36.7 Å². The first-order valence-corrected chi connectivity index (χ1v) is 13.0. The number of alkyl halides is 3. The minimum Gasteiger partial charge on any atom is -0.491 e. The lowest BCUT2D eigenvalue weighted by Gasteiger charge is -2.40. The number of halogens is 4. The monoisotopic (exact) mass is 571 g/mol. The summed E-state index contributed by atoms with van der Waals surface area (Å²) in [4.78, 5) is 40.8. The largest absolute Gasteiger partial charge is 0.491 e. The first-order valence-electron chi connectivity index (χ1n) is 13.0. The number of hydrogen-bond donors (Lipinski definition) is 1. The van der Waals surface area contributed by atoms with Crippen LogP contribution in [0.3, 0.4) is 0 Å². The lowest BCUT2D eigenvalue weighted by molar-refractivity contribution is -0.195. The fourth-order valence-electron chi connectivity index (χ4n) is 5.88. The number of carbonyl (C=O) groups is 3. The molecule has 2 atom stereocenters. The standard InChI is InChI=1S/C28H25F4N5O4/c1-35-12-19(11-33-35)16-2-4-21-17(8-16)6-7-27(21)10-24(38)37(26(40)34-27)14-25(39)36-13-18-9-20(29)3-5-22(18)41-15-23(36)28(30,31)32/h2-5,8-9,11-12,23H,6-7,10,13-15H2,1H3,(H,34,40)/t23-,27+/m0/s1. The Labute approximate surface area is 231 Å². The maximum absolute atomic E-state index is 13.9. The number of rotatable bonds is 3. The van der Waals surface area contributed by atoms with Gasteiger partial charge in [0.1, 0.15) is 24.7 Å². The third kappa shape index (κ3) is 4.78. The fraction of sp³-hybridized carbons (Fsp3) is 0.357. The average molecular weight is 572 g/mol. The van der Waals surface area contributed by atoms with Crippen LogP contribution in [0.1, 0.15) is 29.5 Å². The Bertz CT molecular complexity index is 1550. The average Bonchev–Trinajstić information content (AvgIpc) is 3.42. The molecule has 2 aromatic carbocycles. The molecule has 1 N–H and O–H groups in total. The molecule has 1 fully saturated rings. The van der Waals surface area contributed by atoms with Gasteiger partial charge in [0.25, 0.3) is 0 Å². The molecule has 214 valence electrons. The third-order valence-electron chi connectivity index (χ3n) is 7.95. The van der Waals surface area contributed by atoms with E-state index in [1.807, 2.05) is 31.4 Å². The molecule has 4 amide bonds. The number of fused-ring (bicyclic) bond motifs is 3. The Balaban J connectivity index is 1.22. The molecule has 41 heavy (non-hydrogen) atoms. The Morgan fingerprint density at radius 3 is 2.66 bits per heavy atom. The SMILES string of the molecule is Cn1cc(-c2ccc3c(c2)CC[C@@]32CC(=O)N(CC(=O)N3Cc4cc(F)ccc4OC[C@H]3C(F)(F)F)C(=O)N2)cn1. The Kier molecular flexibility index (Phi) is 6.27. The van der Waals surface area contributed by atoms with Gasteiger partial charge in [0, 0.05) is 24.4 Å². The second kappa shape index (κ2) is 9.60. The van der Waals surface area contributed by atoms with E-state index < -0.39 is 61.1 Å². The van der Waals surface area contributed by atoms with Crippen LogP contribution in [0, 0.1) is 5.82 Å². The molecule has 3 heterocycles. The van der Waals surface area contributed by atoms with Crippen LogP contribution in [0.25, 0.3) is 11.1 Å². The van der Waals surface area contributed by atoms with Crippen LogP contribution in [0.4, 0.5) is 22.4 Å². The minimum absolute atomic E-state index is 0.0243. The predicted octanol–water partition coefficient (Wildman–Crippen LogP) is 3.66. The van der Waals surface area contributed by atoms with Gasteiger partial charge < -0.3 is 15.0 Å². The van der Waals surface area contributed by atoms with Gasteiger partial charge in [-0.25, -0.2) is 9.18 Å². The summed E-state index contributed by atoms with van der Waals surface area (Å²) in [5.74, 6) is -2.46. The van der Waals surface area contributed by atoms with Gasteiger partial charge in [-0.05, 0) is 47.7 Å². The Morgan fingerprint density at radius 2 is 1.95 bits per heavy atom. The number of amides is 4. The van der Waals surface area contributed by atoms with Crippen LogP contribution in [0.15, 0.2) is 48.8 Å². The van der Waals surface area contributed by atoms with Crippen molar-refractivity contribution in [1.82, 2.24) is 24.9 Å². The Morgan fingerprint density at radius 1 is 1.15 bits per heavy atom.